The first-order valence-electron chi connectivity index (χ1n) is 9.57. The van der Waals surface area contributed by atoms with E-state index in [1.54, 1.807) is 25.1 Å². The molecule has 0 aliphatic carbocycles. The van der Waals surface area contributed by atoms with Gasteiger partial charge >= 0.3 is 5.97 Å². The third-order valence-electron chi connectivity index (χ3n) is 5.03. The number of ether oxygens (including phenoxy) is 1. The topological polar surface area (TPSA) is 84.0 Å². The van der Waals surface area contributed by atoms with Crippen molar-refractivity contribution in [1.29, 1.82) is 0 Å². The Labute approximate surface area is 179 Å². The zero-order chi connectivity index (χ0) is 22.8. The zero-order valence-corrected chi connectivity index (χ0v) is 17.9. The Kier molecular flexibility index (Phi) is 6.71. The van der Waals surface area contributed by atoms with Gasteiger partial charge in [0, 0.05) is 26.2 Å². The minimum absolute atomic E-state index is 0.0806. The van der Waals surface area contributed by atoms with Gasteiger partial charge in [0.15, 0.2) is 6.61 Å². The highest BCUT2D eigenvalue weighted by Gasteiger charge is 2.31. The van der Waals surface area contributed by atoms with Crippen LogP contribution < -0.4 is 0 Å². The van der Waals surface area contributed by atoms with Crippen LogP contribution in [0.1, 0.15) is 21.5 Å². The lowest BCUT2D eigenvalue weighted by Crippen LogP contribution is -2.51. The lowest BCUT2D eigenvalue weighted by molar-refractivity contribution is -0.135. The Morgan fingerprint density at radius 2 is 1.61 bits per heavy atom. The van der Waals surface area contributed by atoms with E-state index < -0.39 is 45.7 Å². The molecule has 1 fully saturated rings. The summed E-state index contributed by atoms with van der Waals surface area (Å²) in [5.74, 6) is -4.01. The van der Waals surface area contributed by atoms with Crippen molar-refractivity contribution in [3.05, 3.63) is 64.7 Å². The van der Waals surface area contributed by atoms with Crippen LogP contribution >= 0.6 is 0 Å². The molecule has 0 saturated carbocycles. The van der Waals surface area contributed by atoms with E-state index in [4.69, 9.17) is 4.74 Å². The van der Waals surface area contributed by atoms with E-state index in [2.05, 4.69) is 0 Å². The molecule has 1 saturated heterocycles. The molecule has 0 radical (unpaired) electrons. The smallest absolute Gasteiger partial charge is 0.344 e. The molecule has 0 N–H and O–H groups in total. The second-order valence-corrected chi connectivity index (χ2v) is 9.13. The molecule has 0 unspecified atom stereocenters. The Balaban J connectivity index is 1.58. The number of nitrogens with zero attached hydrogens (tertiary/aromatic N) is 2. The fourth-order valence-electron chi connectivity index (χ4n) is 3.39. The number of aryl methyl sites for hydroxylation is 2. The van der Waals surface area contributed by atoms with E-state index in [-0.39, 0.29) is 31.1 Å². The first-order chi connectivity index (χ1) is 14.6. The summed E-state index contributed by atoms with van der Waals surface area (Å²) in [5.41, 5.74) is 0.738. The van der Waals surface area contributed by atoms with Gasteiger partial charge in [-0.25, -0.2) is 22.0 Å². The molecule has 1 aliphatic rings. The number of piperazine rings is 1. The monoisotopic (exact) mass is 452 g/mol. The van der Waals surface area contributed by atoms with Gasteiger partial charge in [0.25, 0.3) is 5.91 Å². The van der Waals surface area contributed by atoms with Crippen molar-refractivity contribution in [2.24, 2.45) is 0 Å². The van der Waals surface area contributed by atoms with Gasteiger partial charge < -0.3 is 9.64 Å². The maximum Gasteiger partial charge on any atom is 0.344 e. The number of hydrogen-bond acceptors (Lipinski definition) is 5. The summed E-state index contributed by atoms with van der Waals surface area (Å²) < 4.78 is 59.1. The molecule has 0 aromatic heterocycles. The summed E-state index contributed by atoms with van der Waals surface area (Å²) in [5, 5.41) is 0. The Hall–Kier alpha value is -2.85. The van der Waals surface area contributed by atoms with Crippen LogP contribution in [-0.2, 0) is 19.6 Å². The van der Waals surface area contributed by atoms with E-state index in [9.17, 15) is 26.8 Å². The van der Waals surface area contributed by atoms with Gasteiger partial charge in [0.1, 0.15) is 17.2 Å². The van der Waals surface area contributed by atoms with Crippen LogP contribution in [0.25, 0.3) is 0 Å². The van der Waals surface area contributed by atoms with Gasteiger partial charge in [0.2, 0.25) is 10.0 Å². The van der Waals surface area contributed by atoms with Gasteiger partial charge in [-0.3, -0.25) is 4.79 Å². The van der Waals surface area contributed by atoms with Crippen LogP contribution in [0.2, 0.25) is 0 Å². The van der Waals surface area contributed by atoms with Crippen molar-refractivity contribution >= 4 is 21.9 Å². The fourth-order valence-corrected chi connectivity index (χ4v) is 5.02. The Bertz CT molecular complexity index is 1090. The second-order valence-electron chi connectivity index (χ2n) is 7.23. The largest absolute Gasteiger partial charge is 0.452 e. The summed E-state index contributed by atoms with van der Waals surface area (Å²) in [6.07, 6.45) is 0. The van der Waals surface area contributed by atoms with Crippen LogP contribution in [0.4, 0.5) is 8.78 Å². The highest BCUT2D eigenvalue weighted by Crippen LogP contribution is 2.22. The van der Waals surface area contributed by atoms with Gasteiger partial charge in [-0.1, -0.05) is 23.8 Å². The molecule has 166 valence electrons. The van der Waals surface area contributed by atoms with Crippen molar-refractivity contribution in [3.63, 3.8) is 0 Å². The maximum atomic E-state index is 13.6. The number of sulfonamides is 1. The minimum atomic E-state index is -3.70. The highest BCUT2D eigenvalue weighted by molar-refractivity contribution is 7.89. The average molecular weight is 452 g/mol. The number of carbonyl (C=O) groups is 2. The maximum absolute atomic E-state index is 13.6. The van der Waals surface area contributed by atoms with Gasteiger partial charge in [-0.2, -0.15) is 4.31 Å². The van der Waals surface area contributed by atoms with Crippen LogP contribution in [0, 0.1) is 25.5 Å². The number of hydrogen-bond donors (Lipinski definition) is 0. The first kappa shape index (κ1) is 22.8. The third kappa shape index (κ3) is 4.91. The van der Waals surface area contributed by atoms with E-state index in [0.29, 0.717) is 5.56 Å². The number of carbonyl (C=O) groups excluding carboxylic acids is 2. The molecule has 31 heavy (non-hydrogen) atoms. The first-order valence-corrected chi connectivity index (χ1v) is 11.0. The van der Waals surface area contributed by atoms with Crippen molar-refractivity contribution < 1.29 is 31.5 Å². The SMILES string of the molecule is Cc1ccc(S(=O)(=O)N2CCN(C(=O)COC(=O)c3c(F)cccc3F)CC2)c(C)c1. The fraction of sp³-hybridized carbons (Fsp3) is 0.333. The molecule has 0 bridgehead atoms. The van der Waals surface area contributed by atoms with E-state index in [1.165, 1.54) is 9.21 Å². The van der Waals surface area contributed by atoms with Crippen LogP contribution in [-0.4, -0.2) is 62.3 Å². The number of benzene rings is 2. The van der Waals surface area contributed by atoms with Crippen molar-refractivity contribution in [2.75, 3.05) is 32.8 Å². The van der Waals surface area contributed by atoms with E-state index in [1.807, 2.05) is 6.92 Å². The number of halogens is 2. The highest BCUT2D eigenvalue weighted by atomic mass is 32.2. The Morgan fingerprint density at radius 1 is 1.00 bits per heavy atom. The summed E-state index contributed by atoms with van der Waals surface area (Å²) in [4.78, 5) is 25.8. The lowest BCUT2D eigenvalue weighted by Gasteiger charge is -2.34. The predicted octanol–water partition coefficient (Wildman–Crippen LogP) is 2.27. The summed E-state index contributed by atoms with van der Waals surface area (Å²) >= 11 is 0. The van der Waals surface area contributed by atoms with Crippen LogP contribution in [0.3, 0.4) is 0 Å². The number of amides is 1. The minimum Gasteiger partial charge on any atom is -0.452 e. The summed E-state index contributed by atoms with van der Waals surface area (Å²) in [6, 6.07) is 8.02. The number of esters is 1. The molecule has 0 spiro atoms. The average Bonchev–Trinajstić information content (AvgIpc) is 2.71. The molecule has 2 aromatic carbocycles. The molecule has 0 atom stereocenters. The van der Waals surface area contributed by atoms with Crippen molar-refractivity contribution in [2.45, 2.75) is 18.7 Å². The zero-order valence-electron chi connectivity index (χ0n) is 17.1. The molecule has 3 rings (SSSR count). The second kappa shape index (κ2) is 9.11. The van der Waals surface area contributed by atoms with Crippen molar-refractivity contribution in [1.82, 2.24) is 9.21 Å². The molecule has 10 heteroatoms. The summed E-state index contributed by atoms with van der Waals surface area (Å²) in [6.45, 7) is 3.28. The number of rotatable bonds is 5. The van der Waals surface area contributed by atoms with Gasteiger partial charge in [-0.05, 0) is 37.6 Å². The molecule has 1 heterocycles. The molecule has 1 amide bonds. The normalized spacial score (nSPS) is 15.0. The molecule has 7 nitrogen and oxygen atoms in total. The predicted molar refractivity (Wildman–Crippen MR) is 108 cm³/mol. The van der Waals surface area contributed by atoms with Crippen LogP contribution in [0.5, 0.6) is 0 Å². The lowest BCUT2D eigenvalue weighted by atomic mass is 10.2. The quantitative estimate of drug-likeness (QED) is 0.650. The van der Waals surface area contributed by atoms with Crippen molar-refractivity contribution in [3.8, 4) is 0 Å². The molecular weight excluding hydrogens is 430 g/mol. The standard InChI is InChI=1S/C21H22F2N2O5S/c1-14-6-7-18(15(2)12-14)31(28,29)25-10-8-24(9-11-25)19(26)13-30-21(27)20-16(22)4-3-5-17(20)23/h3-7,12H,8-11,13H2,1-2H3. The summed E-state index contributed by atoms with van der Waals surface area (Å²) in [7, 11) is -3.70. The Morgan fingerprint density at radius 3 is 2.19 bits per heavy atom. The molecule has 1 aliphatic heterocycles. The van der Waals surface area contributed by atoms with E-state index >= 15 is 0 Å². The van der Waals surface area contributed by atoms with Gasteiger partial charge in [-0.15, -0.1) is 0 Å². The van der Waals surface area contributed by atoms with E-state index in [0.717, 1.165) is 23.8 Å². The third-order valence-corrected chi connectivity index (χ3v) is 7.09. The van der Waals surface area contributed by atoms with Crippen LogP contribution in [0.15, 0.2) is 41.3 Å². The molecular formula is C21H22F2N2O5S. The molecule has 2 aromatic rings. The van der Waals surface area contributed by atoms with Gasteiger partial charge in [0.05, 0.1) is 4.90 Å².